The van der Waals surface area contributed by atoms with E-state index in [1.54, 1.807) is 13.3 Å². The molecule has 0 atom stereocenters. The molecule has 5 N–H and O–H groups in total. The molecule has 0 bridgehead atoms. The molecular weight excluding hydrogens is 291 g/mol. The predicted octanol–water partition coefficient (Wildman–Crippen LogP) is 2.05. The van der Waals surface area contributed by atoms with E-state index in [-0.39, 0.29) is 23.6 Å². The minimum Gasteiger partial charge on any atom is -0.404 e. The Bertz CT molecular complexity index is 611. The molecule has 0 spiro atoms. The van der Waals surface area contributed by atoms with Gasteiger partial charge in [0.15, 0.2) is 0 Å². The van der Waals surface area contributed by atoms with Gasteiger partial charge in [-0.05, 0) is 31.0 Å². The molecule has 21 heavy (non-hydrogen) atoms. The van der Waals surface area contributed by atoms with Gasteiger partial charge in [0.1, 0.15) is 0 Å². The summed E-state index contributed by atoms with van der Waals surface area (Å²) >= 11 is 0.0735. The average molecular weight is 308 g/mol. The van der Waals surface area contributed by atoms with Gasteiger partial charge in [-0.2, -0.15) is 3.89 Å². The molecule has 0 heterocycles. The highest BCUT2D eigenvalue weighted by atomic mass is 32.2. The normalized spacial score (nSPS) is 17.0. The van der Waals surface area contributed by atoms with E-state index in [1.165, 1.54) is 24.4 Å². The van der Waals surface area contributed by atoms with Crippen LogP contribution in [0.5, 0.6) is 0 Å². The van der Waals surface area contributed by atoms with Crippen LogP contribution in [0.3, 0.4) is 0 Å². The van der Waals surface area contributed by atoms with Crippen LogP contribution >= 0.6 is 12.1 Å². The second kappa shape index (κ2) is 6.17. The maximum atomic E-state index is 12.6. The van der Waals surface area contributed by atoms with E-state index >= 15 is 0 Å². The number of carbonyl (C=O) groups excluding carboxylic acids is 1. The average Bonchev–Trinajstić information content (AvgIpc) is 3.25. The van der Waals surface area contributed by atoms with Crippen LogP contribution in [-0.2, 0) is 0 Å². The van der Waals surface area contributed by atoms with Crippen molar-refractivity contribution >= 4 is 30.0 Å². The van der Waals surface area contributed by atoms with Gasteiger partial charge in [-0.25, -0.2) is 0 Å². The molecule has 0 saturated heterocycles. The number of anilines is 1. The Balaban J connectivity index is 2.22. The first-order valence-electron chi connectivity index (χ1n) is 6.41. The first-order chi connectivity index (χ1) is 10.1. The fourth-order valence-corrected chi connectivity index (χ4v) is 2.42. The minimum atomic E-state index is -0.489. The number of nitrogens with one attached hydrogen (secondary N) is 1. The van der Waals surface area contributed by atoms with Crippen molar-refractivity contribution in [2.24, 2.45) is 10.7 Å². The van der Waals surface area contributed by atoms with E-state index in [2.05, 4.69) is 10.3 Å². The van der Waals surface area contributed by atoms with Gasteiger partial charge in [0.25, 0.3) is 5.91 Å². The van der Waals surface area contributed by atoms with Crippen molar-refractivity contribution in [2.75, 3.05) is 12.8 Å². The van der Waals surface area contributed by atoms with Gasteiger partial charge in [-0.1, -0.05) is 0 Å². The Hall–Kier alpha value is -2.02. The van der Waals surface area contributed by atoms with E-state index in [0.717, 1.165) is 18.4 Å². The maximum absolute atomic E-state index is 12.6. The number of carbonyl (C=O) groups is 1. The Morgan fingerprint density at radius 3 is 2.76 bits per heavy atom. The molecule has 0 aliphatic heterocycles. The Morgan fingerprint density at radius 2 is 2.24 bits per heavy atom. The number of aliphatic imine (C=N–C) groups is 1. The summed E-state index contributed by atoms with van der Waals surface area (Å²) in [5, 5.41) is 2.92. The summed E-state index contributed by atoms with van der Waals surface area (Å²) in [6.07, 6.45) is 4.64. The highest BCUT2D eigenvalue weighted by Crippen LogP contribution is 2.41. The van der Waals surface area contributed by atoms with Crippen LogP contribution in [0, 0.1) is 0 Å². The topological polar surface area (TPSA) is 93.5 Å². The second-order valence-corrected chi connectivity index (χ2v) is 5.50. The molecular formula is C14H17FN4OS. The van der Waals surface area contributed by atoms with Crippen LogP contribution in [0.2, 0.25) is 0 Å². The van der Waals surface area contributed by atoms with Crippen molar-refractivity contribution in [3.8, 4) is 0 Å². The van der Waals surface area contributed by atoms with Crippen LogP contribution in [0.25, 0.3) is 0 Å². The lowest BCUT2D eigenvalue weighted by molar-refractivity contribution is 0.0940. The number of amides is 1. The van der Waals surface area contributed by atoms with Crippen LogP contribution in [0.15, 0.2) is 39.9 Å². The van der Waals surface area contributed by atoms with Gasteiger partial charge in [0, 0.05) is 35.6 Å². The fraction of sp³-hybridized carbons (Fsp3) is 0.286. The van der Waals surface area contributed by atoms with Gasteiger partial charge in [-0.15, -0.1) is 0 Å². The highest BCUT2D eigenvalue weighted by Gasteiger charge is 2.47. The van der Waals surface area contributed by atoms with Crippen molar-refractivity contribution in [1.82, 2.24) is 5.32 Å². The lowest BCUT2D eigenvalue weighted by Gasteiger charge is -2.19. The standard InChI is InChI=1S/C14H17FN4OS/c1-18-8-9(7-16)14(4-5-14)19-13(20)11-6-10(21-15)2-3-12(11)17/h2-3,6-8H,4-5,16-17H2,1H3,(H,19,20)/b9-7+,18-8?. The van der Waals surface area contributed by atoms with E-state index in [0.29, 0.717) is 10.6 Å². The third-order valence-electron chi connectivity index (χ3n) is 3.46. The van der Waals surface area contributed by atoms with Crippen LogP contribution < -0.4 is 16.8 Å². The lowest BCUT2D eigenvalue weighted by atomic mass is 10.1. The van der Waals surface area contributed by atoms with Crippen molar-refractivity contribution in [3.63, 3.8) is 0 Å². The summed E-state index contributed by atoms with van der Waals surface area (Å²) in [6.45, 7) is 0. The van der Waals surface area contributed by atoms with Crippen molar-refractivity contribution < 1.29 is 8.68 Å². The predicted molar refractivity (Wildman–Crippen MR) is 83.9 cm³/mol. The zero-order chi connectivity index (χ0) is 15.5. The summed E-state index contributed by atoms with van der Waals surface area (Å²) in [7, 11) is 1.64. The molecule has 7 heteroatoms. The quantitative estimate of drug-likeness (QED) is 0.573. The molecule has 2 rings (SSSR count). The van der Waals surface area contributed by atoms with Crippen LogP contribution in [0.1, 0.15) is 23.2 Å². The molecule has 1 saturated carbocycles. The molecule has 0 unspecified atom stereocenters. The van der Waals surface area contributed by atoms with E-state index in [4.69, 9.17) is 11.5 Å². The number of benzene rings is 1. The Morgan fingerprint density at radius 1 is 1.52 bits per heavy atom. The number of nitrogen functional groups attached to an aromatic ring is 1. The van der Waals surface area contributed by atoms with Gasteiger partial charge in [0.05, 0.1) is 23.3 Å². The molecule has 112 valence electrons. The summed E-state index contributed by atoms with van der Waals surface area (Å²) in [5.41, 5.74) is 12.2. The van der Waals surface area contributed by atoms with E-state index in [9.17, 15) is 8.68 Å². The zero-order valence-corrected chi connectivity index (χ0v) is 12.4. The summed E-state index contributed by atoms with van der Waals surface area (Å²) in [4.78, 5) is 16.7. The Kier molecular flexibility index (Phi) is 4.52. The van der Waals surface area contributed by atoms with Gasteiger partial charge < -0.3 is 16.8 Å². The third kappa shape index (κ3) is 3.18. The number of rotatable bonds is 5. The van der Waals surface area contributed by atoms with Gasteiger partial charge in [-0.3, -0.25) is 9.79 Å². The van der Waals surface area contributed by atoms with Crippen molar-refractivity contribution in [1.29, 1.82) is 0 Å². The number of halogens is 1. The van der Waals surface area contributed by atoms with Crippen LogP contribution in [-0.4, -0.2) is 24.7 Å². The third-order valence-corrected chi connectivity index (χ3v) is 3.89. The molecule has 1 fully saturated rings. The second-order valence-electron chi connectivity index (χ2n) is 4.87. The molecule has 5 nitrogen and oxygen atoms in total. The number of hydrogen-bond donors (Lipinski definition) is 3. The molecule has 1 amide bonds. The smallest absolute Gasteiger partial charge is 0.254 e. The molecule has 0 aromatic heterocycles. The van der Waals surface area contributed by atoms with Gasteiger partial charge in [0.2, 0.25) is 0 Å². The molecule has 0 radical (unpaired) electrons. The first kappa shape index (κ1) is 15.4. The van der Waals surface area contributed by atoms with Gasteiger partial charge >= 0.3 is 0 Å². The Labute approximate surface area is 127 Å². The summed E-state index contributed by atoms with van der Waals surface area (Å²) in [6, 6.07) is 4.48. The van der Waals surface area contributed by atoms with E-state index < -0.39 is 5.54 Å². The highest BCUT2D eigenvalue weighted by molar-refractivity contribution is 7.94. The number of hydrogen-bond acceptors (Lipinski definition) is 5. The fourth-order valence-electron chi connectivity index (χ4n) is 2.14. The van der Waals surface area contributed by atoms with Crippen molar-refractivity contribution in [3.05, 3.63) is 35.5 Å². The SMILES string of the molecule is CN=C/C(=C\N)C1(NC(=O)c2cc(SF)ccc2N)CC1. The summed E-state index contributed by atoms with van der Waals surface area (Å²) < 4.78 is 12.6. The molecule has 1 aliphatic carbocycles. The largest absolute Gasteiger partial charge is 0.404 e. The maximum Gasteiger partial charge on any atom is 0.254 e. The number of nitrogens with two attached hydrogens (primary N) is 2. The first-order valence-corrected chi connectivity index (χ1v) is 7.13. The van der Waals surface area contributed by atoms with Crippen LogP contribution in [0.4, 0.5) is 9.57 Å². The van der Waals surface area contributed by atoms with Crippen molar-refractivity contribution in [2.45, 2.75) is 23.3 Å². The monoisotopic (exact) mass is 308 g/mol. The molecule has 1 aromatic rings. The summed E-state index contributed by atoms with van der Waals surface area (Å²) in [5.74, 6) is -0.343. The number of nitrogens with zero attached hydrogens (tertiary/aromatic N) is 1. The van der Waals surface area contributed by atoms with E-state index in [1.807, 2.05) is 0 Å². The zero-order valence-electron chi connectivity index (χ0n) is 11.6. The lowest BCUT2D eigenvalue weighted by Crippen LogP contribution is -2.39. The molecule has 1 aromatic carbocycles. The minimum absolute atomic E-state index is 0.0735. The molecule has 1 aliphatic rings.